The molecule has 3 heteroatoms. The lowest BCUT2D eigenvalue weighted by Crippen LogP contribution is -2.16. The number of nitrogens with one attached hydrogen (secondary N) is 1. The average Bonchev–Trinajstić information content (AvgIpc) is 2.54. The monoisotopic (exact) mass is 285 g/mol. The Balaban J connectivity index is 1.83. The second-order valence-corrected chi connectivity index (χ2v) is 4.83. The summed E-state index contributed by atoms with van der Waals surface area (Å²) in [6, 6.07) is 16.6. The Labute approximate surface area is 126 Å². The van der Waals surface area contributed by atoms with Crippen molar-refractivity contribution in [3.63, 3.8) is 0 Å². The van der Waals surface area contributed by atoms with Crippen LogP contribution in [0.2, 0.25) is 0 Å². The SMILES string of the molecule is CCOc1ccc(CCNCc2ccccc2)cc1OC. The predicted octanol–water partition coefficient (Wildman–Crippen LogP) is 3.43. The molecule has 2 aromatic carbocycles. The Morgan fingerprint density at radius 2 is 1.76 bits per heavy atom. The predicted molar refractivity (Wildman–Crippen MR) is 86.0 cm³/mol. The van der Waals surface area contributed by atoms with Crippen LogP contribution in [0.25, 0.3) is 0 Å². The normalized spacial score (nSPS) is 10.4. The first-order valence-corrected chi connectivity index (χ1v) is 7.38. The standard InChI is InChI=1S/C18H23NO2/c1-3-21-17-10-9-15(13-18(17)20-2)11-12-19-14-16-7-5-4-6-8-16/h4-10,13,19H,3,11-12,14H2,1-2H3. The van der Waals surface area contributed by atoms with Gasteiger partial charge in [-0.05, 0) is 43.1 Å². The van der Waals surface area contributed by atoms with Crippen molar-refractivity contribution in [3.8, 4) is 11.5 Å². The highest BCUT2D eigenvalue weighted by atomic mass is 16.5. The Hall–Kier alpha value is -2.00. The number of benzene rings is 2. The van der Waals surface area contributed by atoms with Gasteiger partial charge in [-0.2, -0.15) is 0 Å². The number of methoxy groups -OCH3 is 1. The molecule has 0 bridgehead atoms. The fourth-order valence-corrected chi connectivity index (χ4v) is 2.20. The molecule has 0 amide bonds. The van der Waals surface area contributed by atoms with Crippen LogP contribution in [0.5, 0.6) is 11.5 Å². The van der Waals surface area contributed by atoms with Crippen molar-refractivity contribution >= 4 is 0 Å². The minimum Gasteiger partial charge on any atom is -0.493 e. The molecule has 2 aromatic rings. The van der Waals surface area contributed by atoms with Gasteiger partial charge in [0.25, 0.3) is 0 Å². The maximum absolute atomic E-state index is 5.53. The van der Waals surface area contributed by atoms with Crippen LogP contribution in [-0.4, -0.2) is 20.3 Å². The first-order valence-electron chi connectivity index (χ1n) is 7.38. The molecular weight excluding hydrogens is 262 g/mol. The van der Waals surface area contributed by atoms with E-state index in [-0.39, 0.29) is 0 Å². The summed E-state index contributed by atoms with van der Waals surface area (Å²) < 4.78 is 10.9. The third-order valence-corrected chi connectivity index (χ3v) is 3.29. The van der Waals surface area contributed by atoms with Crippen LogP contribution in [0.1, 0.15) is 18.1 Å². The molecule has 1 N–H and O–H groups in total. The summed E-state index contributed by atoms with van der Waals surface area (Å²) in [6.45, 7) is 4.45. The third kappa shape index (κ3) is 4.80. The molecule has 0 aliphatic rings. The Kier molecular flexibility index (Phi) is 6.10. The Morgan fingerprint density at radius 1 is 0.952 bits per heavy atom. The van der Waals surface area contributed by atoms with E-state index in [9.17, 15) is 0 Å². The molecule has 2 rings (SSSR count). The molecule has 0 radical (unpaired) electrons. The van der Waals surface area contributed by atoms with Crippen molar-refractivity contribution in [1.29, 1.82) is 0 Å². The van der Waals surface area contributed by atoms with E-state index in [0.29, 0.717) is 6.61 Å². The molecule has 0 aliphatic carbocycles. The molecule has 0 saturated heterocycles. The fourth-order valence-electron chi connectivity index (χ4n) is 2.20. The molecule has 0 unspecified atom stereocenters. The quantitative estimate of drug-likeness (QED) is 0.754. The van der Waals surface area contributed by atoms with Crippen LogP contribution >= 0.6 is 0 Å². The maximum atomic E-state index is 5.53. The maximum Gasteiger partial charge on any atom is 0.161 e. The second kappa shape index (κ2) is 8.32. The van der Waals surface area contributed by atoms with Gasteiger partial charge in [-0.1, -0.05) is 36.4 Å². The Bertz CT molecular complexity index is 540. The van der Waals surface area contributed by atoms with Crippen LogP contribution < -0.4 is 14.8 Å². The van der Waals surface area contributed by atoms with Crippen LogP contribution in [0.4, 0.5) is 0 Å². The van der Waals surface area contributed by atoms with E-state index in [1.807, 2.05) is 19.1 Å². The average molecular weight is 285 g/mol. The summed E-state index contributed by atoms with van der Waals surface area (Å²) in [5, 5.41) is 3.46. The molecule has 0 fully saturated rings. The van der Waals surface area contributed by atoms with Crippen LogP contribution in [0, 0.1) is 0 Å². The lowest BCUT2D eigenvalue weighted by atomic mass is 10.1. The van der Waals surface area contributed by atoms with E-state index < -0.39 is 0 Å². The first kappa shape index (κ1) is 15.4. The number of hydrogen-bond donors (Lipinski definition) is 1. The number of rotatable bonds is 8. The van der Waals surface area contributed by atoms with Gasteiger partial charge in [0.05, 0.1) is 13.7 Å². The van der Waals surface area contributed by atoms with Gasteiger partial charge < -0.3 is 14.8 Å². The topological polar surface area (TPSA) is 30.5 Å². The summed E-state index contributed by atoms with van der Waals surface area (Å²) in [6.07, 6.45) is 0.968. The van der Waals surface area contributed by atoms with E-state index in [1.165, 1.54) is 11.1 Å². The van der Waals surface area contributed by atoms with Crippen molar-refractivity contribution in [2.75, 3.05) is 20.3 Å². The molecule has 3 nitrogen and oxygen atoms in total. The highest BCUT2D eigenvalue weighted by Gasteiger charge is 2.05. The summed E-state index contributed by atoms with van der Waals surface area (Å²) >= 11 is 0. The summed E-state index contributed by atoms with van der Waals surface area (Å²) in [4.78, 5) is 0. The molecule has 0 heterocycles. The van der Waals surface area contributed by atoms with Gasteiger partial charge in [0, 0.05) is 6.54 Å². The largest absolute Gasteiger partial charge is 0.493 e. The molecular formula is C18H23NO2. The number of hydrogen-bond acceptors (Lipinski definition) is 3. The van der Waals surface area contributed by atoms with Gasteiger partial charge >= 0.3 is 0 Å². The van der Waals surface area contributed by atoms with Gasteiger partial charge in [-0.25, -0.2) is 0 Å². The van der Waals surface area contributed by atoms with Crippen molar-refractivity contribution in [2.24, 2.45) is 0 Å². The molecule has 0 spiro atoms. The van der Waals surface area contributed by atoms with Gasteiger partial charge in [-0.3, -0.25) is 0 Å². The fraction of sp³-hybridized carbons (Fsp3) is 0.333. The van der Waals surface area contributed by atoms with Gasteiger partial charge in [0.15, 0.2) is 11.5 Å². The first-order chi connectivity index (χ1) is 10.3. The van der Waals surface area contributed by atoms with Crippen molar-refractivity contribution in [1.82, 2.24) is 5.32 Å². The summed E-state index contributed by atoms with van der Waals surface area (Å²) in [5.41, 5.74) is 2.55. The molecule has 112 valence electrons. The smallest absolute Gasteiger partial charge is 0.161 e. The molecule has 0 atom stereocenters. The van der Waals surface area contributed by atoms with E-state index in [4.69, 9.17) is 9.47 Å². The van der Waals surface area contributed by atoms with Gasteiger partial charge in [-0.15, -0.1) is 0 Å². The lowest BCUT2D eigenvalue weighted by molar-refractivity contribution is 0.310. The zero-order valence-electron chi connectivity index (χ0n) is 12.8. The minimum atomic E-state index is 0.647. The molecule has 0 aromatic heterocycles. The summed E-state index contributed by atoms with van der Waals surface area (Å²) in [5.74, 6) is 1.61. The van der Waals surface area contributed by atoms with Crippen molar-refractivity contribution in [2.45, 2.75) is 19.9 Å². The Morgan fingerprint density at radius 3 is 2.48 bits per heavy atom. The number of ether oxygens (including phenoxy) is 2. The summed E-state index contributed by atoms with van der Waals surface area (Å²) in [7, 11) is 1.68. The highest BCUT2D eigenvalue weighted by molar-refractivity contribution is 5.43. The zero-order chi connectivity index (χ0) is 14.9. The van der Waals surface area contributed by atoms with Crippen molar-refractivity contribution in [3.05, 3.63) is 59.7 Å². The van der Waals surface area contributed by atoms with E-state index >= 15 is 0 Å². The van der Waals surface area contributed by atoms with E-state index in [0.717, 1.165) is 31.0 Å². The van der Waals surface area contributed by atoms with E-state index in [2.05, 4.69) is 41.7 Å². The van der Waals surface area contributed by atoms with Crippen LogP contribution in [0.15, 0.2) is 48.5 Å². The van der Waals surface area contributed by atoms with Crippen LogP contribution in [-0.2, 0) is 13.0 Å². The third-order valence-electron chi connectivity index (χ3n) is 3.29. The second-order valence-electron chi connectivity index (χ2n) is 4.83. The lowest BCUT2D eigenvalue weighted by Gasteiger charge is -2.11. The minimum absolute atomic E-state index is 0.647. The molecule has 0 aliphatic heterocycles. The van der Waals surface area contributed by atoms with E-state index in [1.54, 1.807) is 7.11 Å². The molecule has 0 saturated carbocycles. The van der Waals surface area contributed by atoms with Crippen molar-refractivity contribution < 1.29 is 9.47 Å². The van der Waals surface area contributed by atoms with Gasteiger partial charge in [0.1, 0.15) is 0 Å². The van der Waals surface area contributed by atoms with Gasteiger partial charge in [0.2, 0.25) is 0 Å². The van der Waals surface area contributed by atoms with Crippen LogP contribution in [0.3, 0.4) is 0 Å². The highest BCUT2D eigenvalue weighted by Crippen LogP contribution is 2.28. The molecule has 21 heavy (non-hydrogen) atoms. The zero-order valence-corrected chi connectivity index (χ0v) is 12.8.